The first-order valence-electron chi connectivity index (χ1n) is 5.01. The Bertz CT molecular complexity index is 473. The Labute approximate surface area is 109 Å². The molecule has 1 heterocycles. The normalized spacial score (nSPS) is 18.6. The van der Waals surface area contributed by atoms with E-state index in [9.17, 15) is 18.0 Å². The van der Waals surface area contributed by atoms with Gasteiger partial charge in [-0.2, -0.15) is 13.2 Å². The van der Waals surface area contributed by atoms with Crippen molar-refractivity contribution in [1.29, 1.82) is 0 Å². The van der Waals surface area contributed by atoms with Gasteiger partial charge in [-0.3, -0.25) is 4.79 Å². The Morgan fingerprint density at radius 1 is 1.39 bits per heavy atom. The third kappa shape index (κ3) is 2.60. The van der Waals surface area contributed by atoms with Gasteiger partial charge in [0.15, 0.2) is 23.4 Å². The van der Waals surface area contributed by atoms with Crippen LogP contribution in [0.2, 0.25) is 0 Å². The summed E-state index contributed by atoms with van der Waals surface area (Å²) in [5.41, 5.74) is -0.810. The average molecular weight is 325 g/mol. The van der Waals surface area contributed by atoms with Crippen molar-refractivity contribution in [1.82, 2.24) is 0 Å². The van der Waals surface area contributed by atoms with Crippen molar-refractivity contribution in [3.05, 3.63) is 23.8 Å². The first kappa shape index (κ1) is 13.2. The Hall–Kier alpha value is -1.24. The molecule has 3 nitrogen and oxygen atoms in total. The average Bonchev–Trinajstić information content (AvgIpc) is 2.35. The van der Waals surface area contributed by atoms with Crippen LogP contribution in [0.3, 0.4) is 0 Å². The molecule has 0 saturated carbocycles. The first-order valence-corrected chi connectivity index (χ1v) is 6.13. The minimum atomic E-state index is -4.43. The first-order chi connectivity index (χ1) is 8.41. The number of ketones is 1. The molecule has 0 aromatic heterocycles. The highest BCUT2D eigenvalue weighted by Crippen LogP contribution is 2.38. The van der Waals surface area contributed by atoms with Gasteiger partial charge in [0.1, 0.15) is 6.61 Å². The number of benzene rings is 1. The molecule has 1 aliphatic heterocycles. The summed E-state index contributed by atoms with van der Waals surface area (Å²) in [6.45, 7) is -0.0846. The highest BCUT2D eigenvalue weighted by atomic mass is 79.9. The summed E-state index contributed by atoms with van der Waals surface area (Å²) >= 11 is 2.99. The summed E-state index contributed by atoms with van der Waals surface area (Å²) in [6, 6.07) is 2.92. The molecule has 1 aliphatic rings. The molecule has 0 radical (unpaired) electrons. The molecule has 0 bridgehead atoms. The fourth-order valence-corrected chi connectivity index (χ4v) is 1.85. The molecule has 7 heteroatoms. The molecule has 0 spiro atoms. The molecule has 98 valence electrons. The quantitative estimate of drug-likeness (QED) is 0.785. The molecule has 1 aromatic carbocycles. The van der Waals surface area contributed by atoms with Crippen LogP contribution in [0.4, 0.5) is 13.2 Å². The molecule has 1 aromatic rings. The zero-order valence-electron chi connectivity index (χ0n) is 8.96. The van der Waals surface area contributed by atoms with Crippen molar-refractivity contribution in [3.8, 4) is 11.5 Å². The van der Waals surface area contributed by atoms with Crippen LogP contribution in [0.1, 0.15) is 5.56 Å². The van der Waals surface area contributed by atoms with Crippen LogP contribution in [-0.2, 0) is 11.0 Å². The van der Waals surface area contributed by atoms with Gasteiger partial charge in [0.2, 0.25) is 0 Å². The fraction of sp³-hybridized carbons (Fsp3) is 0.364. The second-order valence-corrected chi connectivity index (χ2v) is 4.24. The van der Waals surface area contributed by atoms with Gasteiger partial charge >= 0.3 is 6.18 Å². The molecule has 2 rings (SSSR count). The van der Waals surface area contributed by atoms with Crippen molar-refractivity contribution in [2.45, 2.75) is 12.3 Å². The van der Waals surface area contributed by atoms with Gasteiger partial charge in [-0.05, 0) is 18.2 Å². The zero-order valence-corrected chi connectivity index (χ0v) is 10.5. The lowest BCUT2D eigenvalue weighted by Crippen LogP contribution is -2.37. The molecule has 18 heavy (non-hydrogen) atoms. The van der Waals surface area contributed by atoms with Gasteiger partial charge < -0.3 is 9.47 Å². The molecule has 1 unspecified atom stereocenters. The van der Waals surface area contributed by atoms with E-state index in [1.165, 1.54) is 0 Å². The summed E-state index contributed by atoms with van der Waals surface area (Å²) in [7, 11) is 0. The van der Waals surface area contributed by atoms with E-state index in [2.05, 4.69) is 15.9 Å². The number of fused-ring (bicyclic) bond motifs is 1. The van der Waals surface area contributed by atoms with E-state index in [1.807, 2.05) is 0 Å². The topological polar surface area (TPSA) is 35.5 Å². The number of rotatable bonds is 2. The highest BCUT2D eigenvalue weighted by molar-refractivity contribution is 9.09. The summed E-state index contributed by atoms with van der Waals surface area (Å²) in [5, 5.41) is 0.108. The van der Waals surface area contributed by atoms with E-state index in [0.717, 1.165) is 18.2 Å². The van der Waals surface area contributed by atoms with Crippen molar-refractivity contribution in [3.63, 3.8) is 0 Å². The lowest BCUT2D eigenvalue weighted by atomic mass is 10.1. The maximum atomic E-state index is 12.5. The third-order valence-corrected chi connectivity index (χ3v) is 2.97. The molecule has 0 N–H and O–H groups in total. The fourth-order valence-electron chi connectivity index (χ4n) is 1.49. The number of Topliss-reactive ketones (excluding diaryl/α,β-unsaturated/α-hetero) is 1. The van der Waals surface area contributed by atoms with Gasteiger partial charge in [-0.25, -0.2) is 0 Å². The lowest BCUT2D eigenvalue weighted by Gasteiger charge is -2.25. The van der Waals surface area contributed by atoms with E-state index in [1.54, 1.807) is 0 Å². The number of ether oxygens (including phenoxy) is 2. The molecule has 0 saturated heterocycles. The zero-order chi connectivity index (χ0) is 13.3. The predicted octanol–water partition coefficient (Wildman–Crippen LogP) is 2.81. The maximum Gasteiger partial charge on any atom is 0.416 e. The summed E-state index contributed by atoms with van der Waals surface area (Å²) in [5.74, 6) is -0.0717. The van der Waals surface area contributed by atoms with Crippen LogP contribution in [0, 0.1) is 0 Å². The molecule has 1 atom stereocenters. The van der Waals surface area contributed by atoms with E-state index >= 15 is 0 Å². The highest BCUT2D eigenvalue weighted by Gasteiger charge is 2.33. The third-order valence-electron chi connectivity index (χ3n) is 2.42. The van der Waals surface area contributed by atoms with E-state index in [0.29, 0.717) is 0 Å². The SMILES string of the molecule is O=C(CBr)C1COc2cc(C(F)(F)F)ccc2O1. The van der Waals surface area contributed by atoms with E-state index in [-0.39, 0.29) is 29.2 Å². The Morgan fingerprint density at radius 3 is 2.72 bits per heavy atom. The maximum absolute atomic E-state index is 12.5. The standard InChI is InChI=1S/C11H8BrF3O3/c12-4-7(16)10-5-17-9-3-6(11(13,14)15)1-2-8(9)18-10/h1-3,10H,4-5H2. The van der Waals surface area contributed by atoms with Gasteiger partial charge in [0.25, 0.3) is 0 Å². The molecular formula is C11H8BrF3O3. The van der Waals surface area contributed by atoms with Gasteiger partial charge in [0.05, 0.1) is 10.9 Å². The number of carbonyl (C=O) groups excluding carboxylic acids is 1. The van der Waals surface area contributed by atoms with Crippen molar-refractivity contribution in [2.24, 2.45) is 0 Å². The van der Waals surface area contributed by atoms with Gasteiger partial charge in [-0.1, -0.05) is 15.9 Å². The predicted molar refractivity (Wildman–Crippen MR) is 60.2 cm³/mol. The van der Waals surface area contributed by atoms with Crippen molar-refractivity contribution >= 4 is 21.7 Å². The van der Waals surface area contributed by atoms with Crippen molar-refractivity contribution < 1.29 is 27.4 Å². The number of alkyl halides is 4. The van der Waals surface area contributed by atoms with Crippen LogP contribution < -0.4 is 9.47 Å². The molecular weight excluding hydrogens is 317 g/mol. The summed E-state index contributed by atoms with van der Waals surface area (Å²) in [4.78, 5) is 11.4. The van der Waals surface area contributed by atoms with Gasteiger partial charge in [0, 0.05) is 0 Å². The second kappa shape index (κ2) is 4.79. The lowest BCUT2D eigenvalue weighted by molar-refractivity contribution is -0.138. The number of hydrogen-bond donors (Lipinski definition) is 0. The van der Waals surface area contributed by atoms with Crippen LogP contribution in [0.25, 0.3) is 0 Å². The van der Waals surface area contributed by atoms with Crippen LogP contribution in [0.5, 0.6) is 11.5 Å². The Morgan fingerprint density at radius 2 is 2.11 bits per heavy atom. The summed E-state index contributed by atoms with van der Waals surface area (Å²) in [6.07, 6.45) is -5.21. The monoisotopic (exact) mass is 324 g/mol. The van der Waals surface area contributed by atoms with Crippen LogP contribution in [0.15, 0.2) is 18.2 Å². The minimum absolute atomic E-state index is 0.00319. The van der Waals surface area contributed by atoms with Crippen LogP contribution >= 0.6 is 15.9 Å². The molecule has 0 aliphatic carbocycles. The Kier molecular flexibility index (Phi) is 3.52. The second-order valence-electron chi connectivity index (χ2n) is 3.68. The number of carbonyl (C=O) groups is 1. The van der Waals surface area contributed by atoms with E-state index in [4.69, 9.17) is 9.47 Å². The van der Waals surface area contributed by atoms with Crippen LogP contribution in [-0.4, -0.2) is 23.8 Å². The van der Waals surface area contributed by atoms with Gasteiger partial charge in [-0.15, -0.1) is 0 Å². The Balaban J connectivity index is 2.24. The minimum Gasteiger partial charge on any atom is -0.485 e. The number of hydrogen-bond acceptors (Lipinski definition) is 3. The number of halogens is 4. The largest absolute Gasteiger partial charge is 0.485 e. The van der Waals surface area contributed by atoms with Crippen molar-refractivity contribution in [2.75, 3.05) is 11.9 Å². The molecule has 0 fully saturated rings. The van der Waals surface area contributed by atoms with E-state index < -0.39 is 17.8 Å². The summed E-state index contributed by atoms with van der Waals surface area (Å²) < 4.78 is 47.8. The smallest absolute Gasteiger partial charge is 0.416 e. The molecule has 0 amide bonds.